The molecule has 0 aliphatic heterocycles. The first-order valence-corrected chi connectivity index (χ1v) is 9.67. The Balaban J connectivity index is 4.33. The lowest BCUT2D eigenvalue weighted by Gasteiger charge is -2.16. The Labute approximate surface area is 95.7 Å². The molecule has 0 saturated heterocycles. The van der Waals surface area contributed by atoms with Crippen LogP contribution in [0.1, 0.15) is 46.0 Å². The lowest BCUT2D eigenvalue weighted by atomic mass is 9.96. The molecular formula is C12H26N2Si. The van der Waals surface area contributed by atoms with Crippen LogP contribution in [0.25, 0.3) is 5.53 Å². The van der Waals surface area contributed by atoms with Gasteiger partial charge in [-0.25, -0.2) is 0 Å². The fourth-order valence-corrected chi connectivity index (χ4v) is 2.91. The Kier molecular flexibility index (Phi) is 6.78. The number of hydrogen-bond acceptors (Lipinski definition) is 0. The molecule has 1 unspecified atom stereocenters. The molecule has 0 N–H and O–H groups in total. The van der Waals surface area contributed by atoms with Crippen LogP contribution in [-0.2, 0) is 0 Å². The van der Waals surface area contributed by atoms with Gasteiger partial charge in [-0.3, -0.25) is 0 Å². The Hall–Kier alpha value is -0.403. The summed E-state index contributed by atoms with van der Waals surface area (Å²) in [7, 11) is -1.40. The highest BCUT2D eigenvalue weighted by atomic mass is 28.3. The van der Waals surface area contributed by atoms with E-state index in [9.17, 15) is 0 Å². The van der Waals surface area contributed by atoms with Crippen molar-refractivity contribution >= 4 is 13.4 Å². The molecule has 0 aliphatic rings. The number of unbranched alkanes of at least 4 members (excludes halogenated alkanes) is 1. The van der Waals surface area contributed by atoms with E-state index in [1.165, 1.54) is 25.7 Å². The van der Waals surface area contributed by atoms with Gasteiger partial charge in [0.15, 0.2) is 8.07 Å². The third-order valence-corrected chi connectivity index (χ3v) is 5.05. The summed E-state index contributed by atoms with van der Waals surface area (Å²) in [6.45, 7) is 11.2. The Bertz CT molecular complexity index is 224. The minimum atomic E-state index is -1.40. The van der Waals surface area contributed by atoms with Crippen LogP contribution in [0.5, 0.6) is 0 Å². The molecule has 0 bridgehead atoms. The minimum absolute atomic E-state index is 0.711. The van der Waals surface area contributed by atoms with E-state index in [-0.39, 0.29) is 0 Å². The van der Waals surface area contributed by atoms with E-state index < -0.39 is 8.07 Å². The predicted molar refractivity (Wildman–Crippen MR) is 69.9 cm³/mol. The highest BCUT2D eigenvalue weighted by Crippen LogP contribution is 2.20. The van der Waals surface area contributed by atoms with Gasteiger partial charge in [0.25, 0.3) is 0 Å². The molecule has 0 amide bonds. The number of rotatable bonds is 7. The van der Waals surface area contributed by atoms with Gasteiger partial charge in [0.05, 0.1) is 0 Å². The second-order valence-electron chi connectivity index (χ2n) is 5.42. The van der Waals surface area contributed by atoms with Crippen LogP contribution in [0.15, 0.2) is 0 Å². The molecule has 0 spiro atoms. The summed E-state index contributed by atoms with van der Waals surface area (Å²) >= 11 is 0. The molecule has 0 aromatic rings. The predicted octanol–water partition coefficient (Wildman–Crippen LogP) is 4.14. The van der Waals surface area contributed by atoms with Crippen molar-refractivity contribution in [2.45, 2.75) is 65.6 Å². The fraction of sp³-hybridized carbons (Fsp3) is 0.917. The van der Waals surface area contributed by atoms with E-state index in [0.29, 0.717) is 5.92 Å². The zero-order valence-electron chi connectivity index (χ0n) is 11.0. The monoisotopic (exact) mass is 226 g/mol. The van der Waals surface area contributed by atoms with Crippen molar-refractivity contribution in [2.75, 3.05) is 0 Å². The quantitative estimate of drug-likeness (QED) is 0.271. The summed E-state index contributed by atoms with van der Waals surface area (Å²) in [4.78, 5) is 3.53. The highest BCUT2D eigenvalue weighted by Gasteiger charge is 2.31. The van der Waals surface area contributed by atoms with Crippen molar-refractivity contribution in [3.63, 3.8) is 0 Å². The van der Waals surface area contributed by atoms with Gasteiger partial charge in [-0.05, 0) is 12.3 Å². The molecule has 0 aliphatic carbocycles. The van der Waals surface area contributed by atoms with Crippen molar-refractivity contribution in [3.05, 3.63) is 5.53 Å². The molecule has 0 saturated carbocycles. The van der Waals surface area contributed by atoms with Gasteiger partial charge in [-0.2, -0.15) is 4.79 Å². The van der Waals surface area contributed by atoms with Crippen LogP contribution in [0.2, 0.25) is 19.6 Å². The van der Waals surface area contributed by atoms with Gasteiger partial charge < -0.3 is 5.53 Å². The lowest BCUT2D eigenvalue weighted by Crippen LogP contribution is -2.35. The van der Waals surface area contributed by atoms with Gasteiger partial charge in [0.2, 0.25) is 5.33 Å². The molecule has 0 rings (SSSR count). The lowest BCUT2D eigenvalue weighted by molar-refractivity contribution is -0.00564. The van der Waals surface area contributed by atoms with Crippen molar-refractivity contribution in [3.8, 4) is 0 Å². The van der Waals surface area contributed by atoms with E-state index in [4.69, 9.17) is 5.53 Å². The zero-order valence-corrected chi connectivity index (χ0v) is 12.0. The van der Waals surface area contributed by atoms with E-state index in [1.54, 1.807) is 0 Å². The Morgan fingerprint density at radius 1 is 1.27 bits per heavy atom. The van der Waals surface area contributed by atoms with Gasteiger partial charge in [-0.1, -0.05) is 52.8 Å². The van der Waals surface area contributed by atoms with Crippen molar-refractivity contribution in [1.82, 2.24) is 0 Å². The summed E-state index contributed by atoms with van der Waals surface area (Å²) in [5, 5.41) is 1.07. The largest absolute Gasteiger partial charge is 0.362 e. The maximum absolute atomic E-state index is 9.05. The SMILES string of the molecule is CCCCC(CC)CC(=[N+]=[N-])[Si](C)(C)C. The average molecular weight is 226 g/mol. The van der Waals surface area contributed by atoms with Crippen LogP contribution < -0.4 is 0 Å². The molecule has 0 heterocycles. The second-order valence-corrected chi connectivity index (χ2v) is 10.5. The molecule has 0 aromatic carbocycles. The molecule has 2 nitrogen and oxygen atoms in total. The van der Waals surface area contributed by atoms with Gasteiger partial charge >= 0.3 is 0 Å². The molecule has 3 heteroatoms. The molecule has 0 fully saturated rings. The third kappa shape index (κ3) is 5.91. The molecule has 0 radical (unpaired) electrons. The smallest absolute Gasteiger partial charge is 0.237 e. The minimum Gasteiger partial charge on any atom is -0.362 e. The summed E-state index contributed by atoms with van der Waals surface area (Å²) < 4.78 is 0. The van der Waals surface area contributed by atoms with Crippen molar-refractivity contribution in [2.24, 2.45) is 5.92 Å². The number of nitrogens with zero attached hydrogens (tertiary/aromatic N) is 2. The van der Waals surface area contributed by atoms with Gasteiger partial charge in [-0.15, -0.1) is 0 Å². The van der Waals surface area contributed by atoms with Crippen LogP contribution in [-0.4, -0.2) is 18.2 Å². The number of hydrogen-bond donors (Lipinski definition) is 0. The van der Waals surface area contributed by atoms with Crippen molar-refractivity contribution < 1.29 is 4.79 Å². The Morgan fingerprint density at radius 2 is 1.87 bits per heavy atom. The average Bonchev–Trinajstić information content (AvgIpc) is 2.16. The van der Waals surface area contributed by atoms with E-state index >= 15 is 0 Å². The highest BCUT2D eigenvalue weighted by molar-refractivity contribution is 7.03. The molecule has 15 heavy (non-hydrogen) atoms. The zero-order chi connectivity index (χ0) is 11.9. The van der Waals surface area contributed by atoms with E-state index in [0.717, 1.165) is 11.8 Å². The summed E-state index contributed by atoms with van der Waals surface area (Å²) in [6.07, 6.45) is 6.03. The van der Waals surface area contributed by atoms with Crippen LogP contribution >= 0.6 is 0 Å². The first kappa shape index (κ1) is 14.6. The molecular weight excluding hydrogens is 200 g/mol. The normalized spacial score (nSPS) is 13.4. The topological polar surface area (TPSA) is 36.4 Å². The van der Waals surface area contributed by atoms with Gasteiger partial charge in [0, 0.05) is 6.42 Å². The fourth-order valence-electron chi connectivity index (χ4n) is 1.71. The van der Waals surface area contributed by atoms with Crippen LogP contribution in [0.4, 0.5) is 0 Å². The van der Waals surface area contributed by atoms with Crippen molar-refractivity contribution in [1.29, 1.82) is 0 Å². The molecule has 88 valence electrons. The molecule has 0 aromatic heterocycles. The molecule has 1 atom stereocenters. The summed E-state index contributed by atoms with van der Waals surface area (Å²) in [5.41, 5.74) is 9.05. The third-order valence-electron chi connectivity index (χ3n) is 3.01. The first-order valence-electron chi connectivity index (χ1n) is 6.17. The summed E-state index contributed by atoms with van der Waals surface area (Å²) in [6, 6.07) is 0. The van der Waals surface area contributed by atoms with E-state index in [2.05, 4.69) is 38.3 Å². The first-order chi connectivity index (χ1) is 6.95. The van der Waals surface area contributed by atoms with Crippen LogP contribution in [0, 0.1) is 5.92 Å². The van der Waals surface area contributed by atoms with E-state index in [1.807, 2.05) is 0 Å². The standard InChI is InChI=1S/C12H26N2Si/c1-6-8-9-11(7-2)10-12(14-13)15(3,4)5/h11H,6-10H2,1-5H3. The maximum atomic E-state index is 9.05. The maximum Gasteiger partial charge on any atom is 0.237 e. The van der Waals surface area contributed by atoms with Gasteiger partial charge in [0.1, 0.15) is 0 Å². The Morgan fingerprint density at radius 3 is 2.20 bits per heavy atom. The van der Waals surface area contributed by atoms with Crippen LogP contribution in [0.3, 0.4) is 0 Å². The second kappa shape index (κ2) is 6.97. The summed E-state index contributed by atoms with van der Waals surface area (Å²) in [5.74, 6) is 0.711.